The molecule has 1 aliphatic rings. The Balaban J connectivity index is 2.33. The first kappa shape index (κ1) is 18.8. The summed E-state index contributed by atoms with van der Waals surface area (Å²) in [6, 6.07) is 0. The molecule has 0 bridgehead atoms. The quantitative estimate of drug-likeness (QED) is 0.643. The van der Waals surface area contributed by atoms with Gasteiger partial charge in [0.1, 0.15) is 24.1 Å². The van der Waals surface area contributed by atoms with E-state index in [-0.39, 0.29) is 11.9 Å². The molecule has 0 amide bonds. The molecule has 1 saturated heterocycles. The molecule has 9 nitrogen and oxygen atoms in total. The highest BCUT2D eigenvalue weighted by Crippen LogP contribution is 2.33. The lowest BCUT2D eigenvalue weighted by Gasteiger charge is -2.24. The van der Waals surface area contributed by atoms with Crippen molar-refractivity contribution in [2.75, 3.05) is 46.9 Å². The van der Waals surface area contributed by atoms with Gasteiger partial charge < -0.3 is 29.4 Å². The zero-order chi connectivity index (χ0) is 17.7. The van der Waals surface area contributed by atoms with Gasteiger partial charge in [-0.1, -0.05) is 0 Å². The van der Waals surface area contributed by atoms with Crippen LogP contribution in [0, 0.1) is 6.92 Å². The second-order valence-corrected chi connectivity index (χ2v) is 5.55. The van der Waals surface area contributed by atoms with Gasteiger partial charge >= 0.3 is 5.69 Å². The van der Waals surface area contributed by atoms with Crippen LogP contribution in [0.2, 0.25) is 0 Å². The monoisotopic (exact) mass is 343 g/mol. The van der Waals surface area contributed by atoms with E-state index in [1.165, 1.54) is 4.57 Å². The minimum absolute atomic E-state index is 0.197. The molecule has 1 aromatic rings. The summed E-state index contributed by atoms with van der Waals surface area (Å²) < 4.78 is 29.0. The molecule has 1 aliphatic heterocycles. The molecule has 9 heteroatoms. The molecular weight excluding hydrogens is 318 g/mol. The first-order valence-electron chi connectivity index (χ1n) is 7.66. The number of aryl methyl sites for hydroxylation is 1. The van der Waals surface area contributed by atoms with Gasteiger partial charge in [0.15, 0.2) is 6.23 Å². The molecule has 1 fully saturated rings. The summed E-state index contributed by atoms with van der Waals surface area (Å²) in [5, 5.41) is 0. The highest BCUT2D eigenvalue weighted by atomic mass is 16.6. The van der Waals surface area contributed by atoms with Crippen molar-refractivity contribution < 1.29 is 23.7 Å². The largest absolute Gasteiger partial charge is 0.383 e. The van der Waals surface area contributed by atoms with Crippen LogP contribution in [0.15, 0.2) is 11.0 Å². The average molecular weight is 343 g/mol. The third-order valence-corrected chi connectivity index (χ3v) is 3.93. The maximum atomic E-state index is 12.3. The van der Waals surface area contributed by atoms with Gasteiger partial charge in [-0.15, -0.1) is 0 Å². The van der Waals surface area contributed by atoms with Crippen molar-refractivity contribution in [3.05, 3.63) is 22.2 Å². The number of nitrogens with two attached hydrogens (primary N) is 1. The normalized spacial score (nSPS) is 26.8. The van der Waals surface area contributed by atoms with Crippen molar-refractivity contribution in [1.82, 2.24) is 9.55 Å². The van der Waals surface area contributed by atoms with E-state index in [2.05, 4.69) is 4.98 Å². The van der Waals surface area contributed by atoms with Gasteiger partial charge in [-0.2, -0.15) is 4.98 Å². The predicted molar refractivity (Wildman–Crippen MR) is 85.8 cm³/mol. The number of hydrogen-bond donors (Lipinski definition) is 1. The predicted octanol–water partition coefficient (Wildman–Crippen LogP) is -0.276. The zero-order valence-electron chi connectivity index (χ0n) is 14.4. The number of nitrogens with zero attached hydrogens (tertiary/aromatic N) is 2. The molecule has 2 heterocycles. The SMILES string of the molecule is COCCO[C@H]1C(OC)[C@@H](COC)O[C@H]1n1cc(C)c(N)nc1=O. The van der Waals surface area contributed by atoms with Crippen molar-refractivity contribution in [1.29, 1.82) is 0 Å². The Morgan fingerprint density at radius 2 is 2.00 bits per heavy atom. The van der Waals surface area contributed by atoms with Crippen LogP contribution in [-0.2, 0) is 23.7 Å². The van der Waals surface area contributed by atoms with Crippen LogP contribution in [-0.4, -0.2) is 69.0 Å². The van der Waals surface area contributed by atoms with Crippen molar-refractivity contribution in [2.24, 2.45) is 0 Å². The molecule has 2 rings (SSSR count). The minimum Gasteiger partial charge on any atom is -0.383 e. The Morgan fingerprint density at radius 1 is 1.25 bits per heavy atom. The average Bonchev–Trinajstić information content (AvgIpc) is 2.89. The molecule has 2 N–H and O–H groups in total. The third-order valence-electron chi connectivity index (χ3n) is 3.93. The van der Waals surface area contributed by atoms with E-state index < -0.39 is 24.1 Å². The van der Waals surface area contributed by atoms with E-state index in [1.807, 2.05) is 0 Å². The lowest BCUT2D eigenvalue weighted by Crippen LogP contribution is -2.40. The summed E-state index contributed by atoms with van der Waals surface area (Å²) in [6.07, 6.45) is -0.345. The number of rotatable bonds is 8. The summed E-state index contributed by atoms with van der Waals surface area (Å²) in [5.74, 6) is 0.197. The van der Waals surface area contributed by atoms with Crippen LogP contribution >= 0.6 is 0 Å². The van der Waals surface area contributed by atoms with Crippen LogP contribution in [0.4, 0.5) is 5.82 Å². The Bertz CT molecular complexity index is 593. The van der Waals surface area contributed by atoms with Gasteiger partial charge in [0.05, 0.1) is 19.8 Å². The van der Waals surface area contributed by atoms with Crippen LogP contribution in [0.3, 0.4) is 0 Å². The molecule has 1 unspecified atom stereocenters. The number of hydrogen-bond acceptors (Lipinski definition) is 8. The van der Waals surface area contributed by atoms with E-state index in [9.17, 15) is 4.79 Å². The standard InChI is InChI=1S/C15H25N3O6/c1-9-7-18(15(19)17-13(9)16)14-12(23-6-5-20-2)11(22-4)10(24-14)8-21-3/h7,10-12,14H,5-6,8H2,1-4H3,(H2,16,17,19)/t10-,11?,12+,14-/m1/s1. The zero-order valence-corrected chi connectivity index (χ0v) is 14.4. The number of methoxy groups -OCH3 is 3. The van der Waals surface area contributed by atoms with Gasteiger partial charge in [-0.25, -0.2) is 4.79 Å². The summed E-state index contributed by atoms with van der Waals surface area (Å²) in [4.78, 5) is 16.1. The smallest absolute Gasteiger partial charge is 0.351 e. The number of aromatic nitrogens is 2. The molecule has 24 heavy (non-hydrogen) atoms. The Labute approximate surface area is 140 Å². The van der Waals surface area contributed by atoms with Gasteiger partial charge in [0, 0.05) is 33.1 Å². The van der Waals surface area contributed by atoms with E-state index in [4.69, 9.17) is 29.4 Å². The molecule has 0 radical (unpaired) electrons. The number of nitrogen functional groups attached to an aromatic ring is 1. The van der Waals surface area contributed by atoms with Gasteiger partial charge in [-0.05, 0) is 6.92 Å². The fourth-order valence-corrected chi connectivity index (χ4v) is 2.72. The van der Waals surface area contributed by atoms with Crippen molar-refractivity contribution in [3.8, 4) is 0 Å². The fourth-order valence-electron chi connectivity index (χ4n) is 2.72. The topological polar surface area (TPSA) is 107 Å². The second kappa shape index (κ2) is 8.54. The second-order valence-electron chi connectivity index (χ2n) is 5.55. The van der Waals surface area contributed by atoms with Crippen LogP contribution < -0.4 is 11.4 Å². The Kier molecular flexibility index (Phi) is 6.69. The third kappa shape index (κ3) is 3.93. The Hall–Kier alpha value is -1.52. The van der Waals surface area contributed by atoms with E-state index in [0.29, 0.717) is 25.4 Å². The lowest BCUT2D eigenvalue weighted by molar-refractivity contribution is -0.0851. The van der Waals surface area contributed by atoms with Gasteiger partial charge in [0.2, 0.25) is 0 Å². The number of ether oxygens (including phenoxy) is 5. The lowest BCUT2D eigenvalue weighted by atomic mass is 10.1. The first-order chi connectivity index (χ1) is 11.5. The Morgan fingerprint density at radius 3 is 2.62 bits per heavy atom. The molecule has 0 spiro atoms. The summed E-state index contributed by atoms with van der Waals surface area (Å²) in [5.41, 5.74) is 5.87. The molecule has 1 aromatic heterocycles. The summed E-state index contributed by atoms with van der Waals surface area (Å²) in [7, 11) is 4.73. The highest BCUT2D eigenvalue weighted by molar-refractivity contribution is 5.35. The van der Waals surface area contributed by atoms with E-state index in [1.54, 1.807) is 34.4 Å². The molecule has 0 aromatic carbocycles. The maximum absolute atomic E-state index is 12.3. The van der Waals surface area contributed by atoms with Crippen LogP contribution in [0.25, 0.3) is 0 Å². The highest BCUT2D eigenvalue weighted by Gasteiger charge is 2.47. The van der Waals surface area contributed by atoms with E-state index >= 15 is 0 Å². The first-order valence-corrected chi connectivity index (χ1v) is 7.66. The molecule has 4 atom stereocenters. The summed E-state index contributed by atoms with van der Waals surface area (Å²) >= 11 is 0. The fraction of sp³-hybridized carbons (Fsp3) is 0.733. The van der Waals surface area contributed by atoms with Gasteiger partial charge in [0.25, 0.3) is 0 Å². The van der Waals surface area contributed by atoms with Crippen molar-refractivity contribution in [2.45, 2.75) is 31.5 Å². The van der Waals surface area contributed by atoms with Gasteiger partial charge in [-0.3, -0.25) is 4.57 Å². The minimum atomic E-state index is -0.689. The summed E-state index contributed by atoms with van der Waals surface area (Å²) in [6.45, 7) is 2.85. The van der Waals surface area contributed by atoms with Crippen molar-refractivity contribution >= 4 is 5.82 Å². The van der Waals surface area contributed by atoms with Crippen molar-refractivity contribution in [3.63, 3.8) is 0 Å². The molecule has 136 valence electrons. The number of anilines is 1. The van der Waals surface area contributed by atoms with Crippen LogP contribution in [0.5, 0.6) is 0 Å². The molecule has 0 aliphatic carbocycles. The maximum Gasteiger partial charge on any atom is 0.351 e. The van der Waals surface area contributed by atoms with E-state index in [0.717, 1.165) is 0 Å². The molecular formula is C15H25N3O6. The van der Waals surface area contributed by atoms with Crippen LogP contribution in [0.1, 0.15) is 11.8 Å². The molecule has 0 saturated carbocycles.